The highest BCUT2D eigenvalue weighted by Gasteiger charge is 2.71. The van der Waals surface area contributed by atoms with E-state index in [2.05, 4.69) is 19.1 Å². The number of ketones is 1. The molecule has 1 fully saturated rings. The van der Waals surface area contributed by atoms with Gasteiger partial charge in [0.05, 0.1) is 6.61 Å². The van der Waals surface area contributed by atoms with Crippen LogP contribution in [-0.4, -0.2) is 66.6 Å². The molecule has 38 heavy (non-hydrogen) atoms. The van der Waals surface area contributed by atoms with E-state index in [1.807, 2.05) is 0 Å². The van der Waals surface area contributed by atoms with Crippen LogP contribution in [0.3, 0.4) is 0 Å². The zero-order valence-corrected chi connectivity index (χ0v) is 22.8. The van der Waals surface area contributed by atoms with Crippen molar-refractivity contribution in [2.45, 2.75) is 126 Å². The first-order chi connectivity index (χ1) is 18.2. The van der Waals surface area contributed by atoms with Gasteiger partial charge in [0.1, 0.15) is 6.10 Å². The third-order valence-corrected chi connectivity index (χ3v) is 7.54. The van der Waals surface area contributed by atoms with Gasteiger partial charge in [-0.2, -0.15) is 0 Å². The summed E-state index contributed by atoms with van der Waals surface area (Å²) in [7, 11) is 0. The lowest BCUT2D eigenvalue weighted by Gasteiger charge is -2.54. The Morgan fingerprint density at radius 3 is 1.92 bits per heavy atom. The van der Waals surface area contributed by atoms with Crippen molar-refractivity contribution in [2.75, 3.05) is 6.61 Å². The second-order valence-electron chi connectivity index (χ2n) is 10.5. The topological polar surface area (TPSA) is 148 Å². The lowest BCUT2D eigenvalue weighted by Crippen LogP contribution is -2.78. The van der Waals surface area contributed by atoms with Crippen LogP contribution >= 0.6 is 0 Å². The molecule has 0 spiro atoms. The number of rotatable bonds is 18. The molecule has 216 valence electrons. The molecule has 0 aromatic heterocycles. The number of carbonyl (C=O) groups excluding carboxylic acids is 1. The SMILES string of the molecule is CCCCCCCC/C=C\CCCCCCCC(=O)[C@]1(O)[C@H](O)C(O)(O)[C@@](O)(c2ccccc2)O[C@@H]1CO. The summed E-state index contributed by atoms with van der Waals surface area (Å²) < 4.78 is 5.33. The van der Waals surface area contributed by atoms with Crippen molar-refractivity contribution in [1.82, 2.24) is 0 Å². The largest absolute Gasteiger partial charge is 0.394 e. The Hall–Kier alpha value is -1.65. The van der Waals surface area contributed by atoms with Crippen LogP contribution in [0, 0.1) is 0 Å². The summed E-state index contributed by atoms with van der Waals surface area (Å²) in [6.45, 7) is 1.29. The Labute approximate surface area is 227 Å². The second-order valence-corrected chi connectivity index (χ2v) is 10.5. The van der Waals surface area contributed by atoms with E-state index in [1.165, 1.54) is 62.8 Å². The maximum atomic E-state index is 13.0. The van der Waals surface area contributed by atoms with Gasteiger partial charge in [0.15, 0.2) is 17.5 Å². The third-order valence-electron chi connectivity index (χ3n) is 7.54. The van der Waals surface area contributed by atoms with Gasteiger partial charge >= 0.3 is 0 Å². The molecule has 8 nitrogen and oxygen atoms in total. The van der Waals surface area contributed by atoms with Gasteiger partial charge in [-0.3, -0.25) is 4.79 Å². The van der Waals surface area contributed by atoms with Crippen LogP contribution in [0.5, 0.6) is 0 Å². The molecule has 1 aromatic carbocycles. The lowest BCUT2D eigenvalue weighted by atomic mass is 9.73. The van der Waals surface area contributed by atoms with E-state index in [0.717, 1.165) is 38.5 Å². The molecule has 6 N–H and O–H groups in total. The molecule has 1 saturated heterocycles. The molecule has 1 aromatic rings. The number of hydrogen-bond donors (Lipinski definition) is 6. The molecule has 1 heterocycles. The van der Waals surface area contributed by atoms with Gasteiger partial charge in [-0.25, -0.2) is 0 Å². The fourth-order valence-electron chi connectivity index (χ4n) is 5.06. The number of ether oxygens (including phenoxy) is 1. The van der Waals surface area contributed by atoms with Crippen molar-refractivity contribution in [2.24, 2.45) is 0 Å². The molecular formula is C30H48O8. The number of benzene rings is 1. The van der Waals surface area contributed by atoms with Gasteiger partial charge in [-0.15, -0.1) is 0 Å². The zero-order chi connectivity index (χ0) is 28.1. The quantitative estimate of drug-likeness (QED) is 0.0947. The van der Waals surface area contributed by atoms with E-state index in [9.17, 15) is 35.4 Å². The molecule has 1 aliphatic heterocycles. The van der Waals surface area contributed by atoms with Crippen molar-refractivity contribution in [3.8, 4) is 0 Å². The van der Waals surface area contributed by atoms with Crippen LogP contribution in [-0.2, 0) is 15.3 Å². The number of Topliss-reactive ketones (excluding diaryl/α,β-unsaturated/α-hetero) is 1. The molecule has 0 aliphatic carbocycles. The Balaban J connectivity index is 1.76. The standard InChI is InChI=1S/C30H48O8/c1-2-3-4-5-6-7-8-9-10-11-12-13-14-15-19-22-25(32)28(34)26(23-31)38-30(37,29(35,36)27(28)33)24-20-17-16-18-21-24/h9-10,16-18,20-21,26-27,31,33-37H,2-8,11-15,19,22-23H2,1H3/b10-9-/t26-,27+,28-,30-/m1/s1. The summed E-state index contributed by atoms with van der Waals surface area (Å²) in [5.41, 5.74) is -2.92. The van der Waals surface area contributed by atoms with Crippen molar-refractivity contribution < 1.29 is 40.2 Å². The summed E-state index contributed by atoms with van der Waals surface area (Å²) in [5.74, 6) is -7.19. The molecule has 2 rings (SSSR count). The highest BCUT2D eigenvalue weighted by Crippen LogP contribution is 2.46. The van der Waals surface area contributed by atoms with E-state index in [0.29, 0.717) is 6.42 Å². The van der Waals surface area contributed by atoms with Crippen LogP contribution in [0.2, 0.25) is 0 Å². The molecule has 0 saturated carbocycles. The summed E-state index contributed by atoms with van der Waals surface area (Å²) >= 11 is 0. The van der Waals surface area contributed by atoms with E-state index >= 15 is 0 Å². The average molecular weight is 537 g/mol. The van der Waals surface area contributed by atoms with E-state index in [1.54, 1.807) is 6.07 Å². The van der Waals surface area contributed by atoms with E-state index in [4.69, 9.17) is 4.74 Å². The molecule has 0 bridgehead atoms. The first kappa shape index (κ1) is 32.6. The predicted octanol–water partition coefficient (Wildman–Crippen LogP) is 3.60. The number of carbonyl (C=O) groups is 1. The van der Waals surface area contributed by atoms with Crippen LogP contribution < -0.4 is 0 Å². The maximum Gasteiger partial charge on any atom is 0.253 e. The minimum absolute atomic E-state index is 0.116. The monoisotopic (exact) mass is 536 g/mol. The van der Waals surface area contributed by atoms with Crippen LogP contribution in [0.4, 0.5) is 0 Å². The minimum atomic E-state index is -3.42. The molecule has 0 radical (unpaired) electrons. The smallest absolute Gasteiger partial charge is 0.253 e. The Bertz CT molecular complexity index is 842. The molecule has 0 unspecified atom stereocenters. The first-order valence-corrected chi connectivity index (χ1v) is 14.3. The number of aliphatic hydroxyl groups is 6. The Morgan fingerprint density at radius 2 is 1.37 bits per heavy atom. The van der Waals surface area contributed by atoms with Crippen LogP contribution in [0.1, 0.15) is 102 Å². The Morgan fingerprint density at radius 1 is 0.842 bits per heavy atom. The maximum absolute atomic E-state index is 13.0. The first-order valence-electron chi connectivity index (χ1n) is 14.3. The van der Waals surface area contributed by atoms with Crippen LogP contribution in [0.25, 0.3) is 0 Å². The molecule has 1 aliphatic rings. The highest BCUT2D eigenvalue weighted by molar-refractivity contribution is 5.89. The fourth-order valence-corrected chi connectivity index (χ4v) is 5.06. The van der Waals surface area contributed by atoms with Gasteiger partial charge in [0.2, 0.25) is 0 Å². The van der Waals surface area contributed by atoms with Gasteiger partial charge in [0.25, 0.3) is 11.6 Å². The number of allylic oxidation sites excluding steroid dienone is 2. The highest BCUT2D eigenvalue weighted by atomic mass is 16.7. The zero-order valence-electron chi connectivity index (χ0n) is 22.8. The predicted molar refractivity (Wildman–Crippen MR) is 145 cm³/mol. The van der Waals surface area contributed by atoms with Crippen molar-refractivity contribution in [1.29, 1.82) is 0 Å². The molecule has 0 amide bonds. The van der Waals surface area contributed by atoms with Gasteiger partial charge in [-0.1, -0.05) is 101 Å². The second kappa shape index (κ2) is 15.8. The average Bonchev–Trinajstić information content (AvgIpc) is 2.92. The van der Waals surface area contributed by atoms with Gasteiger partial charge in [0, 0.05) is 12.0 Å². The number of unbranched alkanes of at least 4 members (excludes halogenated alkanes) is 11. The summed E-state index contributed by atoms with van der Waals surface area (Å²) in [4.78, 5) is 13.0. The Kier molecular flexibility index (Phi) is 13.6. The number of aliphatic hydroxyl groups excluding tert-OH is 2. The van der Waals surface area contributed by atoms with Crippen molar-refractivity contribution in [3.05, 3.63) is 48.0 Å². The summed E-state index contributed by atoms with van der Waals surface area (Å²) in [6, 6.07) is 7.30. The molecule has 4 atom stereocenters. The minimum Gasteiger partial charge on any atom is -0.394 e. The van der Waals surface area contributed by atoms with E-state index < -0.39 is 41.8 Å². The molecular weight excluding hydrogens is 488 g/mol. The number of hydrogen-bond acceptors (Lipinski definition) is 8. The van der Waals surface area contributed by atoms with E-state index in [-0.39, 0.29) is 12.0 Å². The van der Waals surface area contributed by atoms with Crippen LogP contribution in [0.15, 0.2) is 42.5 Å². The van der Waals surface area contributed by atoms with Gasteiger partial charge < -0.3 is 35.4 Å². The third kappa shape index (κ3) is 7.94. The molecule has 8 heteroatoms. The summed E-state index contributed by atoms with van der Waals surface area (Å²) in [6.07, 6.45) is 14.1. The fraction of sp³-hybridized carbons (Fsp3) is 0.700. The summed E-state index contributed by atoms with van der Waals surface area (Å²) in [5, 5.41) is 63.9. The lowest BCUT2D eigenvalue weighted by molar-refractivity contribution is -0.466. The van der Waals surface area contributed by atoms with Crippen molar-refractivity contribution in [3.63, 3.8) is 0 Å². The van der Waals surface area contributed by atoms with Crippen molar-refractivity contribution >= 4 is 5.78 Å². The van der Waals surface area contributed by atoms with Gasteiger partial charge in [-0.05, 0) is 32.1 Å². The normalized spacial score (nSPS) is 27.1.